The molecule has 1 atom stereocenters. The maximum absolute atomic E-state index is 13.8. The van der Waals surface area contributed by atoms with E-state index in [-0.39, 0.29) is 22.9 Å². The minimum absolute atomic E-state index is 0.0398. The van der Waals surface area contributed by atoms with E-state index in [2.05, 4.69) is 19.1 Å². The summed E-state index contributed by atoms with van der Waals surface area (Å²) in [7, 11) is -3.63. The van der Waals surface area contributed by atoms with Gasteiger partial charge in [-0.25, -0.2) is 13.4 Å². The topological polar surface area (TPSA) is 79.8 Å². The predicted molar refractivity (Wildman–Crippen MR) is 153 cm³/mol. The third-order valence-electron chi connectivity index (χ3n) is 7.71. The molecule has 38 heavy (non-hydrogen) atoms. The molecule has 0 radical (unpaired) electrons. The van der Waals surface area contributed by atoms with Crippen molar-refractivity contribution in [2.24, 2.45) is 0 Å². The Hall–Kier alpha value is -2.33. The molecule has 1 saturated heterocycles. The molecule has 3 aromatic rings. The minimum Gasteiger partial charge on any atom is -0.376 e. The fraction of sp³-hybridized carbons (Fsp3) is 0.517. The molecule has 1 amide bonds. The van der Waals surface area contributed by atoms with Gasteiger partial charge in [0.15, 0.2) is 5.13 Å². The van der Waals surface area contributed by atoms with Crippen molar-refractivity contribution in [1.29, 1.82) is 0 Å². The zero-order chi connectivity index (χ0) is 26.9. The summed E-state index contributed by atoms with van der Waals surface area (Å²) in [5.74, 6) is -0.197. The number of carbonyl (C=O) groups is 1. The number of ether oxygens (including phenoxy) is 1. The zero-order valence-electron chi connectivity index (χ0n) is 22.5. The van der Waals surface area contributed by atoms with E-state index in [1.165, 1.54) is 17.8 Å². The lowest BCUT2D eigenvalue weighted by molar-refractivity contribution is 0.0917. The number of rotatable bonds is 8. The smallest absolute Gasteiger partial charge is 0.260 e. The van der Waals surface area contributed by atoms with E-state index in [1.807, 2.05) is 13.8 Å². The Morgan fingerprint density at radius 3 is 2.45 bits per heavy atom. The third-order valence-corrected chi connectivity index (χ3v) is 10.8. The van der Waals surface area contributed by atoms with Crippen LogP contribution in [0, 0.1) is 13.8 Å². The quantitative estimate of drug-likeness (QED) is 0.336. The number of benzene rings is 2. The van der Waals surface area contributed by atoms with E-state index in [1.54, 1.807) is 33.5 Å². The third kappa shape index (κ3) is 5.52. The first-order valence-corrected chi connectivity index (χ1v) is 16.0. The largest absolute Gasteiger partial charge is 0.376 e. The molecule has 5 rings (SSSR count). The van der Waals surface area contributed by atoms with Crippen LogP contribution in [0.5, 0.6) is 0 Å². The molecule has 1 aliphatic carbocycles. The summed E-state index contributed by atoms with van der Waals surface area (Å²) in [5.41, 5.74) is 3.59. The molecule has 1 aliphatic heterocycles. The monoisotopic (exact) mass is 555 g/mol. The van der Waals surface area contributed by atoms with Gasteiger partial charge in [0.2, 0.25) is 10.0 Å². The van der Waals surface area contributed by atoms with E-state index >= 15 is 0 Å². The Morgan fingerprint density at radius 1 is 1.05 bits per heavy atom. The van der Waals surface area contributed by atoms with Crippen molar-refractivity contribution in [1.82, 2.24) is 9.29 Å². The average molecular weight is 556 g/mol. The van der Waals surface area contributed by atoms with Gasteiger partial charge in [-0.1, -0.05) is 43.6 Å². The molecule has 0 spiro atoms. The summed E-state index contributed by atoms with van der Waals surface area (Å²) < 4.78 is 35.5. The highest BCUT2D eigenvalue weighted by atomic mass is 32.2. The first kappa shape index (κ1) is 27.2. The highest BCUT2D eigenvalue weighted by molar-refractivity contribution is 7.89. The van der Waals surface area contributed by atoms with Crippen LogP contribution in [0.4, 0.5) is 5.13 Å². The van der Waals surface area contributed by atoms with Gasteiger partial charge < -0.3 is 4.74 Å². The summed E-state index contributed by atoms with van der Waals surface area (Å²) in [6, 6.07) is 10.7. The van der Waals surface area contributed by atoms with E-state index in [9.17, 15) is 13.2 Å². The predicted octanol–water partition coefficient (Wildman–Crippen LogP) is 6.08. The Bertz CT molecular complexity index is 1390. The first-order chi connectivity index (χ1) is 18.3. The molecule has 1 aromatic heterocycles. The summed E-state index contributed by atoms with van der Waals surface area (Å²) in [5, 5.41) is 0.639. The Balaban J connectivity index is 1.43. The summed E-state index contributed by atoms with van der Waals surface area (Å²) in [6.07, 6.45) is 6.95. The molecule has 2 heterocycles. The van der Waals surface area contributed by atoms with Gasteiger partial charge in [-0.2, -0.15) is 4.31 Å². The number of fused-ring (bicyclic) bond motifs is 1. The molecule has 7 nitrogen and oxygen atoms in total. The lowest BCUT2D eigenvalue weighted by Gasteiger charge is -2.32. The van der Waals surface area contributed by atoms with Gasteiger partial charge in [0.1, 0.15) is 0 Å². The SMILES string of the molecule is CCN(C1CCCCC1)S(=O)(=O)c1ccc(C(=O)N(CC2CCCO2)c2nc3c(C)cc(C)cc3s2)cc1. The molecule has 2 fully saturated rings. The van der Waals surface area contributed by atoms with Crippen LogP contribution in [0.25, 0.3) is 10.2 Å². The number of nitrogens with zero attached hydrogens (tertiary/aromatic N) is 3. The average Bonchev–Trinajstić information content (AvgIpc) is 3.58. The van der Waals surface area contributed by atoms with Crippen molar-refractivity contribution >= 4 is 42.6 Å². The molecule has 204 valence electrons. The molecule has 2 aliphatic rings. The van der Waals surface area contributed by atoms with E-state index < -0.39 is 10.0 Å². The van der Waals surface area contributed by atoms with E-state index in [0.29, 0.717) is 30.4 Å². The summed E-state index contributed by atoms with van der Waals surface area (Å²) in [6.45, 7) is 7.56. The lowest BCUT2D eigenvalue weighted by Crippen LogP contribution is -2.41. The molecule has 9 heteroatoms. The maximum atomic E-state index is 13.8. The van der Waals surface area contributed by atoms with Gasteiger partial charge >= 0.3 is 0 Å². The normalized spacial score (nSPS) is 18.9. The van der Waals surface area contributed by atoms with Crippen molar-refractivity contribution < 1.29 is 17.9 Å². The van der Waals surface area contributed by atoms with E-state index in [4.69, 9.17) is 9.72 Å². The summed E-state index contributed by atoms with van der Waals surface area (Å²) in [4.78, 5) is 20.6. The maximum Gasteiger partial charge on any atom is 0.260 e. The van der Waals surface area contributed by atoms with Crippen molar-refractivity contribution in [3.05, 3.63) is 53.1 Å². The molecular weight excluding hydrogens is 518 g/mol. The number of hydrogen-bond donors (Lipinski definition) is 0. The van der Waals surface area contributed by atoms with Crippen LogP contribution in [-0.4, -0.2) is 55.5 Å². The van der Waals surface area contributed by atoms with Crippen LogP contribution in [0.1, 0.15) is 73.4 Å². The second-order valence-corrected chi connectivity index (χ2v) is 13.4. The van der Waals surface area contributed by atoms with Crippen LogP contribution in [0.15, 0.2) is 41.3 Å². The molecule has 0 N–H and O–H groups in total. The van der Waals surface area contributed by atoms with E-state index in [0.717, 1.165) is 59.9 Å². The van der Waals surface area contributed by atoms with Crippen molar-refractivity contribution in [3.63, 3.8) is 0 Å². The van der Waals surface area contributed by atoms with Crippen molar-refractivity contribution in [2.45, 2.75) is 82.8 Å². The van der Waals surface area contributed by atoms with Gasteiger partial charge in [0.05, 0.1) is 27.8 Å². The van der Waals surface area contributed by atoms with Crippen LogP contribution in [0.2, 0.25) is 0 Å². The number of amides is 1. The van der Waals surface area contributed by atoms with Gasteiger partial charge in [0.25, 0.3) is 5.91 Å². The van der Waals surface area contributed by atoms with Crippen LogP contribution in [0.3, 0.4) is 0 Å². The first-order valence-electron chi connectivity index (χ1n) is 13.7. The molecule has 1 unspecified atom stereocenters. The van der Waals surface area contributed by atoms with Gasteiger partial charge in [0, 0.05) is 24.8 Å². The van der Waals surface area contributed by atoms with Crippen LogP contribution in [-0.2, 0) is 14.8 Å². The second kappa shape index (κ2) is 11.4. The number of hydrogen-bond acceptors (Lipinski definition) is 6. The second-order valence-electron chi connectivity index (χ2n) is 10.5. The molecule has 0 bridgehead atoms. The fourth-order valence-electron chi connectivity index (χ4n) is 5.77. The molecule has 2 aromatic carbocycles. The Morgan fingerprint density at radius 2 is 1.79 bits per heavy atom. The number of aromatic nitrogens is 1. The van der Waals surface area contributed by atoms with Gasteiger partial charge in [-0.15, -0.1) is 0 Å². The van der Waals surface area contributed by atoms with Crippen molar-refractivity contribution in [2.75, 3.05) is 24.6 Å². The number of carbonyl (C=O) groups excluding carboxylic acids is 1. The van der Waals surface area contributed by atoms with Crippen LogP contribution < -0.4 is 4.90 Å². The Labute approximate surface area is 229 Å². The van der Waals surface area contributed by atoms with Crippen LogP contribution >= 0.6 is 11.3 Å². The highest BCUT2D eigenvalue weighted by Crippen LogP contribution is 2.34. The number of sulfonamides is 1. The number of aryl methyl sites for hydroxylation is 2. The molecular formula is C29H37N3O4S2. The highest BCUT2D eigenvalue weighted by Gasteiger charge is 2.32. The van der Waals surface area contributed by atoms with Crippen molar-refractivity contribution in [3.8, 4) is 0 Å². The fourth-order valence-corrected chi connectivity index (χ4v) is 8.61. The summed E-state index contributed by atoms with van der Waals surface area (Å²) >= 11 is 1.51. The van der Waals surface area contributed by atoms with Gasteiger partial charge in [-0.05, 0) is 81.0 Å². The Kier molecular flexibility index (Phi) is 8.19. The van der Waals surface area contributed by atoms with Gasteiger partial charge in [-0.3, -0.25) is 9.69 Å². The standard InChI is InChI=1S/C29H37N3O4S2/c1-4-32(23-9-6-5-7-10-23)38(34,35)25-14-12-22(13-15-25)28(33)31(19-24-11-8-16-36-24)29-30-27-21(3)17-20(2)18-26(27)37-29/h12-15,17-18,23-24H,4-11,16,19H2,1-3H3. The lowest BCUT2D eigenvalue weighted by atomic mass is 9.95. The number of anilines is 1. The zero-order valence-corrected chi connectivity index (χ0v) is 24.1. The molecule has 1 saturated carbocycles. The number of thiazole rings is 1. The minimum atomic E-state index is -3.63.